The molecule has 0 heterocycles. The molecule has 13 heavy (non-hydrogen) atoms. The van der Waals surface area contributed by atoms with Gasteiger partial charge in [0, 0.05) is 12.0 Å². The maximum Gasteiger partial charge on any atom is 0.167 e. The van der Waals surface area contributed by atoms with Crippen molar-refractivity contribution in [2.75, 3.05) is 0 Å². The van der Waals surface area contributed by atoms with Crippen LogP contribution in [0.25, 0.3) is 0 Å². The molecule has 0 fully saturated rings. The van der Waals surface area contributed by atoms with Gasteiger partial charge in [-0.2, -0.15) is 0 Å². The van der Waals surface area contributed by atoms with Gasteiger partial charge in [-0.15, -0.1) is 0 Å². The molecule has 0 saturated heterocycles. The van der Waals surface area contributed by atoms with Gasteiger partial charge < -0.3 is 0 Å². The van der Waals surface area contributed by atoms with Gasteiger partial charge in [-0.3, -0.25) is 4.79 Å². The molecule has 2 rings (SSSR count). The molecule has 2 aliphatic rings. The van der Waals surface area contributed by atoms with Crippen molar-refractivity contribution in [1.82, 2.24) is 0 Å². The molecular formula is C12H10O. The smallest absolute Gasteiger partial charge is 0.167 e. The lowest BCUT2D eigenvalue weighted by atomic mass is 9.95. The summed E-state index contributed by atoms with van der Waals surface area (Å²) in [7, 11) is 0. The van der Waals surface area contributed by atoms with Crippen molar-refractivity contribution < 1.29 is 4.79 Å². The zero-order valence-corrected chi connectivity index (χ0v) is 7.23. The van der Waals surface area contributed by atoms with E-state index in [9.17, 15) is 4.79 Å². The van der Waals surface area contributed by atoms with Gasteiger partial charge in [-0.1, -0.05) is 48.6 Å². The number of rotatable bonds is 0. The summed E-state index contributed by atoms with van der Waals surface area (Å²) in [6.07, 6.45) is 16.0. The van der Waals surface area contributed by atoms with Gasteiger partial charge in [0.1, 0.15) is 0 Å². The highest BCUT2D eigenvalue weighted by atomic mass is 16.1. The van der Waals surface area contributed by atoms with Crippen LogP contribution < -0.4 is 0 Å². The molecule has 0 aromatic rings. The minimum absolute atomic E-state index is 0.203. The summed E-state index contributed by atoms with van der Waals surface area (Å²) in [4.78, 5) is 11.5. The molecule has 1 heteroatoms. The van der Waals surface area contributed by atoms with Crippen LogP contribution in [0.4, 0.5) is 0 Å². The molecule has 0 bridgehead atoms. The molecule has 0 aliphatic heterocycles. The van der Waals surface area contributed by atoms with E-state index >= 15 is 0 Å². The van der Waals surface area contributed by atoms with Crippen LogP contribution in [0, 0.1) is 0 Å². The molecule has 64 valence electrons. The Morgan fingerprint density at radius 1 is 0.923 bits per heavy atom. The summed E-state index contributed by atoms with van der Waals surface area (Å²) in [6.45, 7) is 0. The second-order valence-corrected chi connectivity index (χ2v) is 3.00. The first-order chi connectivity index (χ1) is 6.38. The number of allylic oxidation sites excluding steroid dienone is 10. The number of hydrogen-bond acceptors (Lipinski definition) is 1. The quantitative estimate of drug-likeness (QED) is 0.546. The molecule has 0 N–H and O–H groups in total. The zero-order chi connectivity index (χ0) is 9.10. The van der Waals surface area contributed by atoms with Crippen molar-refractivity contribution >= 4 is 5.78 Å². The van der Waals surface area contributed by atoms with Crippen molar-refractivity contribution in [1.29, 1.82) is 0 Å². The van der Waals surface area contributed by atoms with Crippen molar-refractivity contribution in [3.63, 3.8) is 0 Å². The van der Waals surface area contributed by atoms with Crippen LogP contribution in [0.3, 0.4) is 0 Å². The highest BCUT2D eigenvalue weighted by molar-refractivity contribution is 6.01. The minimum Gasteiger partial charge on any atom is -0.294 e. The molecule has 2 aliphatic carbocycles. The largest absolute Gasteiger partial charge is 0.294 e. The third kappa shape index (κ3) is 1.59. The Kier molecular flexibility index (Phi) is 2.09. The van der Waals surface area contributed by atoms with Gasteiger partial charge in [0.15, 0.2) is 5.78 Å². The van der Waals surface area contributed by atoms with E-state index in [2.05, 4.69) is 0 Å². The topological polar surface area (TPSA) is 17.1 Å². The summed E-state index contributed by atoms with van der Waals surface area (Å²) >= 11 is 0. The van der Waals surface area contributed by atoms with Crippen LogP contribution in [-0.2, 0) is 4.79 Å². The SMILES string of the molecule is O=C1CC=CC2=C1C=CC=CC=C2. The molecule has 0 spiro atoms. The molecule has 0 saturated carbocycles. The summed E-state index contributed by atoms with van der Waals surface area (Å²) < 4.78 is 0. The third-order valence-corrected chi connectivity index (χ3v) is 2.08. The summed E-state index contributed by atoms with van der Waals surface area (Å²) in [6, 6.07) is 0. The Morgan fingerprint density at radius 2 is 1.69 bits per heavy atom. The van der Waals surface area contributed by atoms with Gasteiger partial charge in [-0.05, 0) is 5.57 Å². The average Bonchev–Trinajstić information content (AvgIpc) is 2.07. The van der Waals surface area contributed by atoms with E-state index in [0.29, 0.717) is 6.42 Å². The molecule has 0 atom stereocenters. The van der Waals surface area contributed by atoms with Gasteiger partial charge in [0.25, 0.3) is 0 Å². The Bertz CT molecular complexity index is 376. The summed E-state index contributed by atoms with van der Waals surface area (Å²) in [5, 5.41) is 0. The first-order valence-electron chi connectivity index (χ1n) is 4.33. The molecule has 0 aromatic heterocycles. The molecule has 1 nitrogen and oxygen atoms in total. The van der Waals surface area contributed by atoms with E-state index in [0.717, 1.165) is 11.1 Å². The van der Waals surface area contributed by atoms with Gasteiger partial charge in [0.2, 0.25) is 0 Å². The lowest BCUT2D eigenvalue weighted by Crippen LogP contribution is -2.05. The monoisotopic (exact) mass is 170 g/mol. The van der Waals surface area contributed by atoms with E-state index in [1.807, 2.05) is 48.6 Å². The Balaban J connectivity index is 2.48. The Labute approximate surface area is 77.5 Å². The van der Waals surface area contributed by atoms with Crippen LogP contribution in [0.15, 0.2) is 59.8 Å². The maximum absolute atomic E-state index is 11.5. The average molecular weight is 170 g/mol. The summed E-state index contributed by atoms with van der Waals surface area (Å²) in [5.41, 5.74) is 1.83. The van der Waals surface area contributed by atoms with Crippen LogP contribution in [0.5, 0.6) is 0 Å². The second-order valence-electron chi connectivity index (χ2n) is 3.00. The summed E-state index contributed by atoms with van der Waals surface area (Å²) in [5.74, 6) is 0.203. The predicted molar refractivity (Wildman–Crippen MR) is 53.2 cm³/mol. The van der Waals surface area contributed by atoms with Gasteiger partial charge >= 0.3 is 0 Å². The fourth-order valence-corrected chi connectivity index (χ4v) is 1.43. The highest BCUT2D eigenvalue weighted by Crippen LogP contribution is 2.19. The first kappa shape index (κ1) is 7.99. The van der Waals surface area contributed by atoms with E-state index in [1.165, 1.54) is 0 Å². The number of carbonyl (C=O) groups is 1. The fourth-order valence-electron chi connectivity index (χ4n) is 1.43. The normalized spacial score (nSPS) is 20.2. The lowest BCUT2D eigenvalue weighted by molar-refractivity contribution is -0.114. The Morgan fingerprint density at radius 3 is 2.54 bits per heavy atom. The van der Waals surface area contributed by atoms with Crippen molar-refractivity contribution in [2.24, 2.45) is 0 Å². The van der Waals surface area contributed by atoms with Gasteiger partial charge in [-0.25, -0.2) is 0 Å². The minimum atomic E-state index is 0.203. The van der Waals surface area contributed by atoms with Crippen molar-refractivity contribution in [3.05, 3.63) is 59.8 Å². The maximum atomic E-state index is 11.5. The first-order valence-corrected chi connectivity index (χ1v) is 4.33. The van der Waals surface area contributed by atoms with E-state index in [1.54, 1.807) is 0 Å². The van der Waals surface area contributed by atoms with E-state index in [-0.39, 0.29) is 5.78 Å². The molecule has 0 unspecified atom stereocenters. The van der Waals surface area contributed by atoms with Crippen molar-refractivity contribution in [3.8, 4) is 0 Å². The standard InChI is InChI=1S/C12H10O/c13-12-9-5-7-10-6-3-1-2-4-8-11(10)12/h1-8H,9H2. The third-order valence-electron chi connectivity index (χ3n) is 2.08. The number of hydrogen-bond donors (Lipinski definition) is 0. The Hall–Kier alpha value is -1.63. The van der Waals surface area contributed by atoms with Crippen LogP contribution >= 0.6 is 0 Å². The van der Waals surface area contributed by atoms with Crippen LogP contribution in [-0.4, -0.2) is 5.78 Å². The number of Topliss-reactive ketones (excluding diaryl/α,β-unsaturated/α-hetero) is 1. The number of carbonyl (C=O) groups excluding carboxylic acids is 1. The molecule has 0 aromatic carbocycles. The lowest BCUT2D eigenvalue weighted by Gasteiger charge is -2.09. The van der Waals surface area contributed by atoms with E-state index in [4.69, 9.17) is 0 Å². The molecule has 0 radical (unpaired) electrons. The zero-order valence-electron chi connectivity index (χ0n) is 7.23. The second kappa shape index (κ2) is 3.40. The van der Waals surface area contributed by atoms with Gasteiger partial charge in [0.05, 0.1) is 0 Å². The van der Waals surface area contributed by atoms with E-state index < -0.39 is 0 Å². The highest BCUT2D eigenvalue weighted by Gasteiger charge is 2.12. The predicted octanol–water partition coefficient (Wildman–Crippen LogP) is 2.49. The van der Waals surface area contributed by atoms with Crippen LogP contribution in [0.1, 0.15) is 6.42 Å². The van der Waals surface area contributed by atoms with Crippen molar-refractivity contribution in [2.45, 2.75) is 6.42 Å². The molecular weight excluding hydrogens is 160 g/mol. The number of ketones is 1. The molecule has 0 amide bonds. The fraction of sp³-hybridized carbons (Fsp3) is 0.0833. The van der Waals surface area contributed by atoms with Crippen LogP contribution in [0.2, 0.25) is 0 Å².